The molecule has 0 bridgehead atoms. The van der Waals surface area contributed by atoms with E-state index in [1.54, 1.807) is 24.3 Å². The Morgan fingerprint density at radius 1 is 1.04 bits per heavy atom. The molecule has 1 heterocycles. The number of aryl methyl sites for hydroxylation is 1. The van der Waals surface area contributed by atoms with Crippen molar-refractivity contribution in [3.05, 3.63) is 59.8 Å². The van der Waals surface area contributed by atoms with E-state index < -0.39 is 17.9 Å². The monoisotopic (exact) mass is 351 g/mol. The van der Waals surface area contributed by atoms with E-state index in [4.69, 9.17) is 9.84 Å². The van der Waals surface area contributed by atoms with Crippen LogP contribution in [-0.2, 0) is 4.79 Å². The number of nitrogens with one attached hydrogen (secondary N) is 1. The van der Waals surface area contributed by atoms with Crippen LogP contribution in [-0.4, -0.2) is 33.0 Å². The molecular weight excluding hydrogens is 334 g/mol. The van der Waals surface area contributed by atoms with Gasteiger partial charge in [-0.05, 0) is 50.2 Å². The first-order chi connectivity index (χ1) is 12.4. The molecule has 1 amide bonds. The highest BCUT2D eigenvalue weighted by Crippen LogP contribution is 2.24. The number of carboxylic acids is 1. The summed E-state index contributed by atoms with van der Waals surface area (Å²) in [5.74, 6) is -0.669. The molecule has 7 nitrogen and oxygen atoms in total. The van der Waals surface area contributed by atoms with Crippen LogP contribution in [0.15, 0.2) is 48.5 Å². The number of carbonyl (C=O) groups excluding carboxylic acids is 1. The summed E-state index contributed by atoms with van der Waals surface area (Å²) in [6.07, 6.45) is 0. The predicted octanol–water partition coefficient (Wildman–Crippen LogP) is 2.93. The summed E-state index contributed by atoms with van der Waals surface area (Å²) in [5, 5.41) is 11.2. The van der Waals surface area contributed by atoms with Crippen LogP contribution < -0.4 is 10.1 Å². The van der Waals surface area contributed by atoms with Crippen LogP contribution in [0.25, 0.3) is 11.0 Å². The van der Waals surface area contributed by atoms with Gasteiger partial charge in [-0.25, -0.2) is 9.97 Å². The highest BCUT2D eigenvalue weighted by Gasteiger charge is 2.15. The molecule has 3 aromatic rings. The minimum Gasteiger partial charge on any atom is -0.480 e. The van der Waals surface area contributed by atoms with E-state index in [0.29, 0.717) is 22.9 Å². The van der Waals surface area contributed by atoms with E-state index in [-0.39, 0.29) is 0 Å². The van der Waals surface area contributed by atoms with E-state index in [1.165, 1.54) is 6.92 Å². The fourth-order valence-corrected chi connectivity index (χ4v) is 2.30. The van der Waals surface area contributed by atoms with Crippen LogP contribution in [0.3, 0.4) is 0 Å². The lowest BCUT2D eigenvalue weighted by atomic mass is 10.2. The van der Waals surface area contributed by atoms with Gasteiger partial charge in [0.15, 0.2) is 0 Å². The summed E-state index contributed by atoms with van der Waals surface area (Å²) in [7, 11) is 0. The second kappa shape index (κ2) is 7.18. The molecule has 0 fully saturated rings. The molecule has 0 radical (unpaired) electrons. The maximum atomic E-state index is 12.0. The Labute approximate surface area is 149 Å². The number of hydrogen-bond donors (Lipinski definition) is 2. The molecule has 0 saturated carbocycles. The van der Waals surface area contributed by atoms with Gasteiger partial charge in [0.25, 0.3) is 5.91 Å². The topological polar surface area (TPSA) is 101 Å². The van der Waals surface area contributed by atoms with E-state index in [2.05, 4.69) is 15.3 Å². The average Bonchev–Trinajstić information content (AvgIpc) is 2.62. The molecule has 2 N–H and O–H groups in total. The Morgan fingerprint density at radius 2 is 1.65 bits per heavy atom. The zero-order valence-electron chi connectivity index (χ0n) is 14.3. The lowest BCUT2D eigenvalue weighted by Crippen LogP contribution is -2.38. The van der Waals surface area contributed by atoms with E-state index in [1.807, 2.05) is 31.2 Å². The van der Waals surface area contributed by atoms with Crippen molar-refractivity contribution in [2.45, 2.75) is 19.9 Å². The number of amides is 1. The van der Waals surface area contributed by atoms with Crippen molar-refractivity contribution in [2.75, 3.05) is 0 Å². The van der Waals surface area contributed by atoms with Crippen LogP contribution >= 0.6 is 0 Å². The lowest BCUT2D eigenvalue weighted by molar-refractivity contribution is -0.138. The number of aromatic nitrogens is 2. The fourth-order valence-electron chi connectivity index (χ4n) is 2.30. The normalized spacial score (nSPS) is 11.8. The molecule has 0 unspecified atom stereocenters. The Hall–Kier alpha value is -3.48. The molecule has 1 atom stereocenters. The number of nitrogens with zero attached hydrogens (tertiary/aromatic N) is 2. The first kappa shape index (κ1) is 17.3. The third-order valence-electron chi connectivity index (χ3n) is 3.75. The SMILES string of the molecule is Cc1nc2ccccc2nc1Oc1ccc(C(=O)N[C@@H](C)C(=O)O)cc1. The van der Waals surface area contributed by atoms with Gasteiger partial charge in [0.2, 0.25) is 5.88 Å². The van der Waals surface area contributed by atoms with Gasteiger partial charge < -0.3 is 15.2 Å². The molecule has 0 spiro atoms. The summed E-state index contributed by atoms with van der Waals surface area (Å²) in [4.78, 5) is 31.7. The number of ether oxygens (including phenoxy) is 1. The highest BCUT2D eigenvalue weighted by molar-refractivity contribution is 5.96. The Kier molecular flexibility index (Phi) is 4.79. The molecule has 3 rings (SSSR count). The third kappa shape index (κ3) is 3.77. The average molecular weight is 351 g/mol. The largest absolute Gasteiger partial charge is 0.480 e. The van der Waals surface area contributed by atoms with Gasteiger partial charge in [0, 0.05) is 5.56 Å². The van der Waals surface area contributed by atoms with Crippen molar-refractivity contribution in [2.24, 2.45) is 0 Å². The minimum atomic E-state index is -1.09. The Morgan fingerprint density at radius 3 is 2.27 bits per heavy atom. The zero-order valence-corrected chi connectivity index (χ0v) is 14.3. The number of para-hydroxylation sites is 2. The standard InChI is InChI=1S/C19H17N3O4/c1-11-18(22-16-6-4-3-5-15(16)20-11)26-14-9-7-13(8-10-14)17(23)21-12(2)19(24)25/h3-10,12H,1-2H3,(H,21,23)(H,24,25)/t12-/m0/s1. The molecule has 0 saturated heterocycles. The van der Waals surface area contributed by atoms with E-state index >= 15 is 0 Å². The zero-order chi connectivity index (χ0) is 18.7. The van der Waals surface area contributed by atoms with E-state index in [9.17, 15) is 9.59 Å². The molecular formula is C19H17N3O4. The molecule has 0 aliphatic carbocycles. The minimum absolute atomic E-state index is 0.340. The van der Waals surface area contributed by atoms with Gasteiger partial charge in [-0.15, -0.1) is 0 Å². The number of carboxylic acid groups (broad SMARTS) is 1. The molecule has 26 heavy (non-hydrogen) atoms. The van der Waals surface area contributed by atoms with Crippen LogP contribution in [0.2, 0.25) is 0 Å². The van der Waals surface area contributed by atoms with Crippen LogP contribution in [0.1, 0.15) is 23.0 Å². The van der Waals surface area contributed by atoms with Crippen LogP contribution in [0.4, 0.5) is 0 Å². The number of carbonyl (C=O) groups is 2. The maximum Gasteiger partial charge on any atom is 0.325 e. The smallest absolute Gasteiger partial charge is 0.325 e. The highest BCUT2D eigenvalue weighted by atomic mass is 16.5. The van der Waals surface area contributed by atoms with Crippen molar-refractivity contribution in [3.63, 3.8) is 0 Å². The fraction of sp³-hybridized carbons (Fsp3) is 0.158. The number of hydrogen-bond acceptors (Lipinski definition) is 5. The lowest BCUT2D eigenvalue weighted by Gasteiger charge is -2.11. The van der Waals surface area contributed by atoms with Crippen LogP contribution in [0, 0.1) is 6.92 Å². The van der Waals surface area contributed by atoms with Crippen molar-refractivity contribution < 1.29 is 19.4 Å². The van der Waals surface area contributed by atoms with Crippen molar-refractivity contribution >= 4 is 22.9 Å². The summed E-state index contributed by atoms with van der Waals surface area (Å²) < 4.78 is 5.77. The van der Waals surface area contributed by atoms with E-state index in [0.717, 1.165) is 11.0 Å². The number of fused-ring (bicyclic) bond motifs is 1. The number of rotatable bonds is 5. The molecule has 0 aliphatic heterocycles. The Balaban J connectivity index is 1.76. The second-order valence-corrected chi connectivity index (χ2v) is 5.76. The summed E-state index contributed by atoms with van der Waals surface area (Å²) in [6.45, 7) is 3.21. The first-order valence-electron chi connectivity index (χ1n) is 7.99. The molecule has 1 aromatic heterocycles. The van der Waals surface area contributed by atoms with Gasteiger partial charge >= 0.3 is 5.97 Å². The van der Waals surface area contributed by atoms with Gasteiger partial charge in [-0.2, -0.15) is 0 Å². The van der Waals surface area contributed by atoms with Gasteiger partial charge in [0.05, 0.1) is 11.0 Å². The van der Waals surface area contributed by atoms with Crippen molar-refractivity contribution in [1.29, 1.82) is 0 Å². The van der Waals surface area contributed by atoms with Gasteiger partial charge in [-0.1, -0.05) is 12.1 Å². The summed E-state index contributed by atoms with van der Waals surface area (Å²) in [6, 6.07) is 12.9. The van der Waals surface area contributed by atoms with Crippen molar-refractivity contribution in [3.8, 4) is 11.6 Å². The van der Waals surface area contributed by atoms with Crippen LogP contribution in [0.5, 0.6) is 11.6 Å². The molecule has 2 aromatic carbocycles. The second-order valence-electron chi connectivity index (χ2n) is 5.76. The Bertz CT molecular complexity index is 970. The van der Waals surface area contributed by atoms with Crippen molar-refractivity contribution in [1.82, 2.24) is 15.3 Å². The molecule has 7 heteroatoms. The predicted molar refractivity (Wildman–Crippen MR) is 95.4 cm³/mol. The quantitative estimate of drug-likeness (QED) is 0.733. The van der Waals surface area contributed by atoms with Gasteiger partial charge in [0.1, 0.15) is 17.5 Å². The molecule has 0 aliphatic rings. The number of aliphatic carboxylic acids is 1. The number of benzene rings is 2. The first-order valence-corrected chi connectivity index (χ1v) is 7.99. The summed E-state index contributed by atoms with van der Waals surface area (Å²) >= 11 is 0. The van der Waals surface area contributed by atoms with Gasteiger partial charge in [-0.3, -0.25) is 9.59 Å². The molecule has 132 valence electrons. The summed E-state index contributed by atoms with van der Waals surface area (Å²) in [5.41, 5.74) is 2.51. The third-order valence-corrected chi connectivity index (χ3v) is 3.75. The maximum absolute atomic E-state index is 12.0.